The van der Waals surface area contributed by atoms with Gasteiger partial charge in [-0.2, -0.15) is 0 Å². The van der Waals surface area contributed by atoms with Crippen LogP contribution in [0.25, 0.3) is 0 Å². The molecule has 2 unspecified atom stereocenters. The van der Waals surface area contributed by atoms with Crippen molar-refractivity contribution in [1.82, 2.24) is 20.3 Å². The quantitative estimate of drug-likeness (QED) is 0.756. The van der Waals surface area contributed by atoms with E-state index in [9.17, 15) is 0 Å². The predicted octanol–water partition coefficient (Wildman–Crippen LogP) is 0.396. The van der Waals surface area contributed by atoms with Gasteiger partial charge in [0.15, 0.2) is 0 Å². The van der Waals surface area contributed by atoms with Gasteiger partial charge in [-0.1, -0.05) is 12.1 Å². The van der Waals surface area contributed by atoms with Gasteiger partial charge in [-0.3, -0.25) is 0 Å². The van der Waals surface area contributed by atoms with Gasteiger partial charge in [0.1, 0.15) is 5.69 Å². The predicted molar refractivity (Wildman–Crippen MR) is 58.4 cm³/mol. The Labute approximate surface area is 90.0 Å². The molecule has 0 aromatic carbocycles. The van der Waals surface area contributed by atoms with Gasteiger partial charge in [-0.25, -0.2) is 4.68 Å². The molecule has 84 valence electrons. The van der Waals surface area contributed by atoms with E-state index in [1.165, 1.54) is 0 Å². The van der Waals surface area contributed by atoms with Crippen molar-refractivity contribution in [3.05, 3.63) is 11.9 Å². The normalized spacial score (nSPS) is 25.4. The van der Waals surface area contributed by atoms with E-state index in [-0.39, 0.29) is 5.54 Å². The minimum absolute atomic E-state index is 0.357. The summed E-state index contributed by atoms with van der Waals surface area (Å²) in [6.07, 6.45) is 3.98. The Morgan fingerprint density at radius 2 is 2.53 bits per heavy atom. The van der Waals surface area contributed by atoms with Gasteiger partial charge in [0.25, 0.3) is 0 Å². The zero-order chi connectivity index (χ0) is 10.9. The fraction of sp³-hybridized carbons (Fsp3) is 0.800. The molecule has 5 nitrogen and oxygen atoms in total. The largest absolute Gasteiger partial charge is 0.320 e. The van der Waals surface area contributed by atoms with Crippen LogP contribution in [-0.2, 0) is 5.54 Å². The molecule has 0 bridgehead atoms. The summed E-state index contributed by atoms with van der Waals surface area (Å²) in [4.78, 5) is 0. The fourth-order valence-electron chi connectivity index (χ4n) is 1.76. The maximum Gasteiger partial charge on any atom is 0.102 e. The van der Waals surface area contributed by atoms with E-state index in [1.54, 1.807) is 0 Å². The topological polar surface area (TPSA) is 68.8 Å². The molecule has 1 aromatic heterocycles. The van der Waals surface area contributed by atoms with Crippen molar-refractivity contribution in [3.63, 3.8) is 0 Å². The minimum atomic E-state index is -0.357. The molecule has 0 aliphatic carbocycles. The van der Waals surface area contributed by atoms with Gasteiger partial charge in [0.2, 0.25) is 0 Å². The molecule has 0 spiro atoms. The lowest BCUT2D eigenvalue weighted by atomic mass is 9.97. The number of rotatable bonds is 3. The molecule has 1 aliphatic heterocycles. The monoisotopic (exact) mass is 209 g/mol. The first-order valence-electron chi connectivity index (χ1n) is 5.55. The standard InChI is InChI=1S/C10H19N5/c1-3-10(2,11)9-7-15(14-13-9)8-4-5-12-6-8/h7-8,12H,3-6,11H2,1-2H3. The van der Waals surface area contributed by atoms with Crippen molar-refractivity contribution in [2.24, 2.45) is 5.73 Å². The summed E-state index contributed by atoms with van der Waals surface area (Å²) in [5, 5.41) is 11.6. The Morgan fingerprint density at radius 3 is 3.13 bits per heavy atom. The molecular weight excluding hydrogens is 190 g/mol. The highest BCUT2D eigenvalue weighted by atomic mass is 15.4. The third-order valence-corrected chi connectivity index (χ3v) is 3.24. The number of hydrogen-bond donors (Lipinski definition) is 2. The molecule has 2 heterocycles. The van der Waals surface area contributed by atoms with E-state index < -0.39 is 0 Å². The molecule has 0 radical (unpaired) electrons. The molecule has 3 N–H and O–H groups in total. The highest BCUT2D eigenvalue weighted by Gasteiger charge is 2.25. The average Bonchev–Trinajstić information content (AvgIpc) is 2.88. The Bertz CT molecular complexity index is 324. The average molecular weight is 209 g/mol. The Balaban J connectivity index is 2.16. The van der Waals surface area contributed by atoms with Crippen LogP contribution >= 0.6 is 0 Å². The van der Waals surface area contributed by atoms with Crippen LogP contribution in [0.15, 0.2) is 6.20 Å². The van der Waals surface area contributed by atoms with Crippen molar-refractivity contribution >= 4 is 0 Å². The molecule has 1 fully saturated rings. The fourth-order valence-corrected chi connectivity index (χ4v) is 1.76. The molecule has 1 saturated heterocycles. The smallest absolute Gasteiger partial charge is 0.102 e. The summed E-state index contributed by atoms with van der Waals surface area (Å²) < 4.78 is 1.94. The molecule has 0 saturated carbocycles. The third-order valence-electron chi connectivity index (χ3n) is 3.24. The summed E-state index contributed by atoms with van der Waals surface area (Å²) in [5.74, 6) is 0. The van der Waals surface area contributed by atoms with Gasteiger partial charge in [0.05, 0.1) is 17.8 Å². The summed E-state index contributed by atoms with van der Waals surface area (Å²) in [7, 11) is 0. The lowest BCUT2D eigenvalue weighted by molar-refractivity contribution is 0.461. The summed E-state index contributed by atoms with van der Waals surface area (Å²) in [6.45, 7) is 6.11. The summed E-state index contributed by atoms with van der Waals surface area (Å²) in [5.41, 5.74) is 6.65. The number of aromatic nitrogens is 3. The second-order valence-electron chi connectivity index (χ2n) is 4.50. The van der Waals surface area contributed by atoms with E-state index in [2.05, 4.69) is 22.6 Å². The van der Waals surface area contributed by atoms with Crippen molar-refractivity contribution in [1.29, 1.82) is 0 Å². The van der Waals surface area contributed by atoms with E-state index in [0.717, 1.165) is 31.6 Å². The van der Waals surface area contributed by atoms with E-state index in [0.29, 0.717) is 6.04 Å². The van der Waals surface area contributed by atoms with Crippen LogP contribution < -0.4 is 11.1 Å². The molecular formula is C10H19N5. The van der Waals surface area contributed by atoms with Gasteiger partial charge in [0, 0.05) is 6.54 Å². The highest BCUT2D eigenvalue weighted by molar-refractivity contribution is 5.07. The summed E-state index contributed by atoms with van der Waals surface area (Å²) >= 11 is 0. The maximum absolute atomic E-state index is 6.12. The van der Waals surface area contributed by atoms with E-state index in [1.807, 2.05) is 17.8 Å². The van der Waals surface area contributed by atoms with E-state index in [4.69, 9.17) is 5.73 Å². The van der Waals surface area contributed by atoms with Crippen LogP contribution in [0, 0.1) is 0 Å². The molecule has 2 atom stereocenters. The van der Waals surface area contributed by atoms with Crippen molar-refractivity contribution in [3.8, 4) is 0 Å². The van der Waals surface area contributed by atoms with Crippen LogP contribution in [-0.4, -0.2) is 28.1 Å². The number of nitrogens with two attached hydrogens (primary N) is 1. The van der Waals surface area contributed by atoms with E-state index >= 15 is 0 Å². The summed E-state index contributed by atoms with van der Waals surface area (Å²) in [6, 6.07) is 0.443. The molecule has 1 aliphatic rings. The lowest BCUT2D eigenvalue weighted by Gasteiger charge is -2.18. The zero-order valence-corrected chi connectivity index (χ0v) is 9.40. The molecule has 0 amide bonds. The van der Waals surface area contributed by atoms with Crippen LogP contribution in [0.4, 0.5) is 0 Å². The van der Waals surface area contributed by atoms with Gasteiger partial charge in [-0.15, -0.1) is 5.10 Å². The van der Waals surface area contributed by atoms with Gasteiger partial charge >= 0.3 is 0 Å². The van der Waals surface area contributed by atoms with Crippen LogP contribution in [0.1, 0.15) is 38.4 Å². The second kappa shape index (κ2) is 3.90. The minimum Gasteiger partial charge on any atom is -0.320 e. The van der Waals surface area contributed by atoms with Crippen LogP contribution in [0.2, 0.25) is 0 Å². The third kappa shape index (κ3) is 2.03. The van der Waals surface area contributed by atoms with Crippen molar-refractivity contribution < 1.29 is 0 Å². The zero-order valence-electron chi connectivity index (χ0n) is 9.40. The van der Waals surface area contributed by atoms with Crippen LogP contribution in [0.3, 0.4) is 0 Å². The molecule has 2 rings (SSSR count). The first kappa shape index (κ1) is 10.6. The Morgan fingerprint density at radius 1 is 1.73 bits per heavy atom. The first-order chi connectivity index (χ1) is 7.13. The SMILES string of the molecule is CCC(C)(N)c1cn(C2CCNC2)nn1. The van der Waals surface area contributed by atoms with Crippen LogP contribution in [0.5, 0.6) is 0 Å². The van der Waals surface area contributed by atoms with Gasteiger partial charge < -0.3 is 11.1 Å². The van der Waals surface area contributed by atoms with Crippen molar-refractivity contribution in [2.45, 2.75) is 38.3 Å². The number of nitrogens with one attached hydrogen (secondary N) is 1. The Hall–Kier alpha value is -0.940. The number of nitrogens with zero attached hydrogens (tertiary/aromatic N) is 3. The molecule has 15 heavy (non-hydrogen) atoms. The lowest BCUT2D eigenvalue weighted by Crippen LogP contribution is -2.32. The molecule has 5 heteroatoms. The highest BCUT2D eigenvalue weighted by Crippen LogP contribution is 2.20. The molecule has 1 aromatic rings. The van der Waals surface area contributed by atoms with Crippen molar-refractivity contribution in [2.75, 3.05) is 13.1 Å². The van der Waals surface area contributed by atoms with Gasteiger partial charge in [-0.05, 0) is 26.3 Å². The Kier molecular flexibility index (Phi) is 2.75. The first-order valence-corrected chi connectivity index (χ1v) is 5.55. The maximum atomic E-state index is 6.12. The second-order valence-corrected chi connectivity index (χ2v) is 4.50. The number of hydrogen-bond acceptors (Lipinski definition) is 4.